The third-order valence-electron chi connectivity index (χ3n) is 2.82. The van der Waals surface area contributed by atoms with Gasteiger partial charge in [-0.3, -0.25) is 0 Å². The predicted octanol–water partition coefficient (Wildman–Crippen LogP) is 3.24. The van der Waals surface area contributed by atoms with Crippen molar-refractivity contribution in [3.63, 3.8) is 0 Å². The van der Waals surface area contributed by atoms with Gasteiger partial charge in [-0.1, -0.05) is 25.4 Å². The summed E-state index contributed by atoms with van der Waals surface area (Å²) in [7, 11) is 4.13. The second-order valence-electron chi connectivity index (χ2n) is 5.42. The molecule has 19 heavy (non-hydrogen) atoms. The Bertz CT molecular complexity index is 449. The maximum atomic E-state index is 8.88. The van der Waals surface area contributed by atoms with Crippen LogP contribution in [-0.4, -0.2) is 38.6 Å². The van der Waals surface area contributed by atoms with Gasteiger partial charge in [0.1, 0.15) is 0 Å². The molecule has 1 rings (SSSR count). The minimum absolute atomic E-state index is 0.564. The van der Waals surface area contributed by atoms with Crippen molar-refractivity contribution in [2.45, 2.75) is 13.8 Å². The van der Waals surface area contributed by atoms with Gasteiger partial charge in [-0.2, -0.15) is 5.26 Å². The molecule has 0 heterocycles. The van der Waals surface area contributed by atoms with E-state index in [-0.39, 0.29) is 0 Å². The molecule has 0 aliphatic heterocycles. The molecule has 0 aliphatic rings. The summed E-state index contributed by atoms with van der Waals surface area (Å²) in [5, 5.41) is 9.54. The Labute approximate surface area is 121 Å². The van der Waals surface area contributed by atoms with Crippen LogP contribution in [0.2, 0.25) is 5.02 Å². The Balaban J connectivity index is 2.93. The number of likely N-dealkylation sites (N-methyl/N-ethyl adjacent to an activating group) is 1. The van der Waals surface area contributed by atoms with Crippen LogP contribution in [0.5, 0.6) is 0 Å². The Morgan fingerprint density at radius 2 is 1.95 bits per heavy atom. The molecular weight excluding hydrogens is 258 g/mol. The van der Waals surface area contributed by atoms with E-state index in [2.05, 4.69) is 43.8 Å². The van der Waals surface area contributed by atoms with Crippen LogP contribution in [0, 0.1) is 17.2 Å². The van der Waals surface area contributed by atoms with Gasteiger partial charge in [0.2, 0.25) is 0 Å². The lowest BCUT2D eigenvalue weighted by Crippen LogP contribution is -2.34. The third-order valence-corrected chi connectivity index (χ3v) is 3.12. The van der Waals surface area contributed by atoms with Crippen molar-refractivity contribution in [2.75, 3.05) is 38.6 Å². The fourth-order valence-corrected chi connectivity index (χ4v) is 2.20. The molecule has 1 aromatic rings. The summed E-state index contributed by atoms with van der Waals surface area (Å²) >= 11 is 6.30. The van der Waals surface area contributed by atoms with E-state index in [0.29, 0.717) is 16.5 Å². The van der Waals surface area contributed by atoms with E-state index in [1.807, 2.05) is 12.1 Å². The molecule has 0 fully saturated rings. The van der Waals surface area contributed by atoms with Gasteiger partial charge in [-0.05, 0) is 38.2 Å². The highest BCUT2D eigenvalue weighted by Crippen LogP contribution is 2.27. The topological polar surface area (TPSA) is 30.3 Å². The Morgan fingerprint density at radius 1 is 1.26 bits per heavy atom. The van der Waals surface area contributed by atoms with E-state index in [9.17, 15) is 0 Å². The number of hydrogen-bond acceptors (Lipinski definition) is 3. The molecule has 3 nitrogen and oxygen atoms in total. The van der Waals surface area contributed by atoms with Gasteiger partial charge in [0.05, 0.1) is 22.3 Å². The standard InChI is InChI=1S/C15H22ClN3/c1-12(2)11-19(8-7-18(3)4)15-6-5-13(10-17)9-14(15)16/h5-6,9,12H,7-8,11H2,1-4H3. The SMILES string of the molecule is CC(C)CN(CCN(C)C)c1ccc(C#N)cc1Cl. The van der Waals surface area contributed by atoms with Crippen molar-refractivity contribution < 1.29 is 0 Å². The molecule has 104 valence electrons. The van der Waals surface area contributed by atoms with Crippen molar-refractivity contribution in [1.82, 2.24) is 4.90 Å². The summed E-state index contributed by atoms with van der Waals surface area (Å²) in [6.45, 7) is 7.25. The van der Waals surface area contributed by atoms with Gasteiger partial charge < -0.3 is 9.80 Å². The second kappa shape index (κ2) is 7.37. The highest BCUT2D eigenvalue weighted by atomic mass is 35.5. The van der Waals surface area contributed by atoms with Crippen molar-refractivity contribution in [3.05, 3.63) is 28.8 Å². The first-order valence-electron chi connectivity index (χ1n) is 6.53. The maximum Gasteiger partial charge on any atom is 0.0992 e. The van der Waals surface area contributed by atoms with Crippen molar-refractivity contribution in [3.8, 4) is 6.07 Å². The molecule has 4 heteroatoms. The van der Waals surface area contributed by atoms with Gasteiger partial charge >= 0.3 is 0 Å². The molecule has 0 aliphatic carbocycles. The molecular formula is C15H22ClN3. The summed E-state index contributed by atoms with van der Waals surface area (Å²) in [6, 6.07) is 7.62. The van der Waals surface area contributed by atoms with Crippen LogP contribution in [0.15, 0.2) is 18.2 Å². The minimum atomic E-state index is 0.564. The van der Waals surface area contributed by atoms with Crippen molar-refractivity contribution >= 4 is 17.3 Å². The zero-order chi connectivity index (χ0) is 14.4. The molecule has 0 radical (unpaired) electrons. The van der Waals surface area contributed by atoms with Gasteiger partial charge in [-0.25, -0.2) is 0 Å². The first-order valence-corrected chi connectivity index (χ1v) is 6.91. The normalized spacial score (nSPS) is 10.8. The lowest BCUT2D eigenvalue weighted by molar-refractivity contribution is 0.409. The van der Waals surface area contributed by atoms with Gasteiger partial charge in [0, 0.05) is 19.6 Å². The predicted molar refractivity (Wildman–Crippen MR) is 81.8 cm³/mol. The van der Waals surface area contributed by atoms with E-state index in [4.69, 9.17) is 16.9 Å². The average Bonchev–Trinajstić information content (AvgIpc) is 2.34. The number of benzene rings is 1. The highest BCUT2D eigenvalue weighted by molar-refractivity contribution is 6.33. The van der Waals surface area contributed by atoms with E-state index in [1.165, 1.54) is 0 Å². The molecule has 0 spiro atoms. The van der Waals surface area contributed by atoms with Crippen LogP contribution < -0.4 is 4.90 Å². The van der Waals surface area contributed by atoms with Crippen LogP contribution in [0.1, 0.15) is 19.4 Å². The van der Waals surface area contributed by atoms with E-state index in [0.717, 1.165) is 25.3 Å². The number of anilines is 1. The molecule has 0 aromatic heterocycles. The summed E-state index contributed by atoms with van der Waals surface area (Å²) in [5.74, 6) is 0.564. The van der Waals surface area contributed by atoms with Crippen LogP contribution in [0.4, 0.5) is 5.69 Å². The molecule has 0 bridgehead atoms. The van der Waals surface area contributed by atoms with Crippen LogP contribution in [-0.2, 0) is 0 Å². The lowest BCUT2D eigenvalue weighted by Gasteiger charge is -2.29. The van der Waals surface area contributed by atoms with Gasteiger partial charge in [0.15, 0.2) is 0 Å². The summed E-state index contributed by atoms with van der Waals surface area (Å²) in [5.41, 5.74) is 1.61. The Morgan fingerprint density at radius 3 is 2.42 bits per heavy atom. The molecule has 0 saturated carbocycles. The van der Waals surface area contributed by atoms with Crippen LogP contribution in [0.25, 0.3) is 0 Å². The molecule has 0 N–H and O–H groups in total. The molecule has 0 amide bonds. The maximum absolute atomic E-state index is 8.88. The van der Waals surface area contributed by atoms with Crippen molar-refractivity contribution in [2.24, 2.45) is 5.92 Å². The first-order chi connectivity index (χ1) is 8.93. The Hall–Kier alpha value is -1.24. The largest absolute Gasteiger partial charge is 0.369 e. The second-order valence-corrected chi connectivity index (χ2v) is 5.83. The van der Waals surface area contributed by atoms with Crippen LogP contribution in [0.3, 0.4) is 0 Å². The van der Waals surface area contributed by atoms with Crippen LogP contribution >= 0.6 is 11.6 Å². The summed E-state index contributed by atoms with van der Waals surface area (Å²) < 4.78 is 0. The average molecular weight is 280 g/mol. The number of rotatable bonds is 6. The molecule has 1 aromatic carbocycles. The molecule has 0 atom stereocenters. The molecule has 0 saturated heterocycles. The monoisotopic (exact) mass is 279 g/mol. The molecule has 0 unspecified atom stereocenters. The zero-order valence-corrected chi connectivity index (χ0v) is 12.9. The number of nitrogens with zero attached hydrogens (tertiary/aromatic N) is 3. The minimum Gasteiger partial charge on any atom is -0.369 e. The first kappa shape index (κ1) is 15.8. The van der Waals surface area contributed by atoms with E-state index >= 15 is 0 Å². The fourth-order valence-electron chi connectivity index (χ4n) is 1.90. The number of nitriles is 1. The summed E-state index contributed by atoms with van der Waals surface area (Å²) in [6.07, 6.45) is 0. The van der Waals surface area contributed by atoms with Gasteiger partial charge in [0.25, 0.3) is 0 Å². The highest BCUT2D eigenvalue weighted by Gasteiger charge is 2.12. The number of halogens is 1. The van der Waals surface area contributed by atoms with Crippen molar-refractivity contribution in [1.29, 1.82) is 5.26 Å². The smallest absolute Gasteiger partial charge is 0.0992 e. The van der Waals surface area contributed by atoms with E-state index in [1.54, 1.807) is 6.07 Å². The quantitative estimate of drug-likeness (QED) is 0.801. The zero-order valence-electron chi connectivity index (χ0n) is 12.2. The summed E-state index contributed by atoms with van der Waals surface area (Å²) in [4.78, 5) is 4.44. The number of hydrogen-bond donors (Lipinski definition) is 0. The lowest BCUT2D eigenvalue weighted by atomic mass is 10.1. The van der Waals surface area contributed by atoms with E-state index < -0.39 is 0 Å². The fraction of sp³-hybridized carbons (Fsp3) is 0.533. The Kier molecular flexibility index (Phi) is 6.14. The van der Waals surface area contributed by atoms with Gasteiger partial charge in [-0.15, -0.1) is 0 Å². The third kappa shape index (κ3) is 5.10.